The van der Waals surface area contributed by atoms with Crippen LogP contribution < -0.4 is 21.3 Å². The Balaban J connectivity index is 4.37. The molecule has 0 aromatic rings. The lowest BCUT2D eigenvalue weighted by Crippen LogP contribution is -2.63. The average Bonchev–Trinajstić information content (AvgIpc) is 1.14. The van der Waals surface area contributed by atoms with Crippen LogP contribution in [-0.4, -0.2) is 237 Å². The first kappa shape index (κ1) is 78.6. The number of allylic oxidation sites excluding steroid dienone is 3. The van der Waals surface area contributed by atoms with Crippen molar-refractivity contribution in [3.63, 3.8) is 0 Å². The van der Waals surface area contributed by atoms with Crippen LogP contribution in [0.3, 0.4) is 0 Å². The Hall–Kier alpha value is -6.43. The average molecular weight is 1230 g/mol. The van der Waals surface area contributed by atoms with E-state index in [2.05, 4.69) is 27.8 Å². The zero-order chi connectivity index (χ0) is 67.6. The number of aliphatic hydroxyl groups excluding tert-OH is 1. The molecule has 1 fully saturated rings. The number of rotatable bonds is 16. The molecule has 0 saturated carbocycles. The van der Waals surface area contributed by atoms with Crippen LogP contribution in [0.1, 0.15) is 149 Å². The van der Waals surface area contributed by atoms with E-state index in [9.17, 15) is 53.4 Å². The van der Waals surface area contributed by atoms with Gasteiger partial charge in [-0.05, 0) is 95.3 Å². The van der Waals surface area contributed by atoms with Crippen LogP contribution >= 0.6 is 0 Å². The molecule has 0 aromatic carbocycles. The van der Waals surface area contributed by atoms with Crippen molar-refractivity contribution < 1.29 is 63.0 Å². The number of nitrogens with zero attached hydrogens (tertiary/aromatic N) is 7. The first-order chi connectivity index (χ1) is 40.0. The van der Waals surface area contributed by atoms with Gasteiger partial charge in [0.1, 0.15) is 60.4 Å². The summed E-state index contributed by atoms with van der Waals surface area (Å²) in [6, 6.07) is -13.0. The molecule has 87 heavy (non-hydrogen) atoms. The standard InChI is InChI=1S/C63H111N11O13/c1-25-27-28-29-40(13)52(76)51-56(80)66-43(26-2)58(82)68(18)34-48(75)69(19)47(33-63(16,17)87)55(79)67-49(38(9)10)61(85)70(20)44(30-35(3)4)54(78)64-41(14)53(77)65-42(15)57(81)71(21)45(31-36(5)6)59(83)72(22)46(32-37(7)8)60(84)73(23)50(39(11)12)62(86)74(51)24/h25,27-28,35-47,49-52,76,87H,1,26,29-34H2,2-24H3,(H,64,78)(H,65,77)(H,66,80)(H,67,79)/b28-27+/t40-,41+,42+,43+,44+,45+,46+,47+,49+,50+,51+,52-/m1/s1. The fraction of sp³-hybridized carbons (Fsp3) is 0.762. The van der Waals surface area contributed by atoms with Gasteiger partial charge in [0.05, 0.1) is 18.2 Å². The second-order valence-electron chi connectivity index (χ2n) is 26.6. The largest absolute Gasteiger partial charge is 0.390 e. The summed E-state index contributed by atoms with van der Waals surface area (Å²) in [6.45, 7) is 29.9. The number of likely N-dealkylation sites (N-methyl/N-ethyl adjacent to an activating group) is 7. The SMILES string of the molecule is C=C/C=C/C[C@@H](C)[C@@H](O)[C@H]1C(=O)N[C@@H](CC)C(=O)N(C)CC(=O)N(C)[C@@H](CC(C)(C)O)C(=O)N[C@@H](C(C)C)C(=O)N(C)[C@@H](CC(C)C)C(=O)N[C@@H](C)C(=O)N[C@@H](C)C(=O)N(C)[C@@H](CC(C)C)C(=O)N(C)[C@@H](CC(C)C)C(=O)N(C)[C@@H](C(C)C)C(=O)N1C. The Bertz CT molecular complexity index is 2420. The Morgan fingerprint density at radius 3 is 1.44 bits per heavy atom. The van der Waals surface area contributed by atoms with Gasteiger partial charge in [-0.2, -0.15) is 0 Å². The fourth-order valence-electron chi connectivity index (χ4n) is 10.7. The van der Waals surface area contributed by atoms with Gasteiger partial charge in [-0.25, -0.2) is 0 Å². The number of carbonyl (C=O) groups is 11. The Morgan fingerprint density at radius 2 is 0.977 bits per heavy atom. The predicted molar refractivity (Wildman–Crippen MR) is 334 cm³/mol. The summed E-state index contributed by atoms with van der Waals surface area (Å²) in [6.07, 6.45) is 3.65. The summed E-state index contributed by atoms with van der Waals surface area (Å²) < 4.78 is 0. The van der Waals surface area contributed by atoms with Crippen molar-refractivity contribution in [3.05, 3.63) is 24.8 Å². The van der Waals surface area contributed by atoms with Gasteiger partial charge < -0.3 is 65.8 Å². The Labute approximate surface area is 519 Å². The Kier molecular flexibility index (Phi) is 31.6. The summed E-state index contributed by atoms with van der Waals surface area (Å²) in [4.78, 5) is 168. The lowest BCUT2D eigenvalue weighted by atomic mass is 9.91. The van der Waals surface area contributed by atoms with Crippen LogP contribution in [0.2, 0.25) is 0 Å². The summed E-state index contributed by atoms with van der Waals surface area (Å²) in [5, 5.41) is 34.0. The molecular formula is C63H111N11O13. The van der Waals surface area contributed by atoms with Gasteiger partial charge in [0.2, 0.25) is 65.0 Å². The summed E-state index contributed by atoms with van der Waals surface area (Å²) in [5.74, 6) is -10.4. The zero-order valence-corrected chi connectivity index (χ0v) is 56.7. The maximum absolute atomic E-state index is 15.2. The molecule has 1 aliphatic rings. The van der Waals surface area contributed by atoms with Crippen LogP contribution in [-0.2, 0) is 52.7 Å². The lowest BCUT2D eigenvalue weighted by Gasteiger charge is -2.41. The third kappa shape index (κ3) is 22.6. The van der Waals surface area contributed by atoms with E-state index < -0.39 is 161 Å². The summed E-state index contributed by atoms with van der Waals surface area (Å²) >= 11 is 0. The molecule has 11 amide bonds. The minimum absolute atomic E-state index is 0.0239. The van der Waals surface area contributed by atoms with Crippen molar-refractivity contribution in [2.24, 2.45) is 35.5 Å². The van der Waals surface area contributed by atoms with Crippen LogP contribution in [0.5, 0.6) is 0 Å². The topological polar surface area (TPSA) is 299 Å². The molecule has 1 aliphatic heterocycles. The number of carbonyl (C=O) groups excluding carboxylic acids is 11. The quantitative estimate of drug-likeness (QED) is 0.121. The smallest absolute Gasteiger partial charge is 0.246 e. The van der Waals surface area contributed by atoms with E-state index in [-0.39, 0.29) is 56.3 Å². The van der Waals surface area contributed by atoms with Gasteiger partial charge in [0.25, 0.3) is 0 Å². The molecule has 0 aromatic heterocycles. The number of hydrogen-bond donors (Lipinski definition) is 6. The van der Waals surface area contributed by atoms with Crippen molar-refractivity contribution in [3.8, 4) is 0 Å². The maximum Gasteiger partial charge on any atom is 0.246 e. The van der Waals surface area contributed by atoms with E-state index in [1.54, 1.807) is 59.8 Å². The highest BCUT2D eigenvalue weighted by Crippen LogP contribution is 2.26. The number of aliphatic hydroxyl groups is 2. The van der Waals surface area contributed by atoms with Gasteiger partial charge >= 0.3 is 0 Å². The van der Waals surface area contributed by atoms with Gasteiger partial charge in [-0.3, -0.25) is 52.7 Å². The minimum Gasteiger partial charge on any atom is -0.390 e. The minimum atomic E-state index is -1.66. The predicted octanol–water partition coefficient (Wildman–Crippen LogP) is 2.55. The highest BCUT2D eigenvalue weighted by molar-refractivity contribution is 5.99. The molecule has 24 nitrogen and oxygen atoms in total. The van der Waals surface area contributed by atoms with E-state index in [1.807, 2.05) is 41.5 Å². The molecule has 496 valence electrons. The molecule has 1 rings (SSSR count). The number of amides is 11. The molecule has 0 unspecified atom stereocenters. The van der Waals surface area contributed by atoms with E-state index in [1.165, 1.54) is 96.6 Å². The molecule has 0 aliphatic carbocycles. The van der Waals surface area contributed by atoms with Gasteiger partial charge in [0.15, 0.2) is 0 Å². The molecule has 0 bridgehead atoms. The molecule has 12 atom stereocenters. The van der Waals surface area contributed by atoms with Crippen molar-refractivity contribution >= 4 is 65.0 Å². The third-order valence-electron chi connectivity index (χ3n) is 16.1. The van der Waals surface area contributed by atoms with Crippen LogP contribution in [0.25, 0.3) is 0 Å². The van der Waals surface area contributed by atoms with Crippen molar-refractivity contribution in [2.45, 2.75) is 221 Å². The molecule has 6 N–H and O–H groups in total. The Morgan fingerprint density at radius 1 is 0.529 bits per heavy atom. The van der Waals surface area contributed by atoms with E-state index in [0.29, 0.717) is 0 Å². The molecule has 24 heteroatoms. The summed E-state index contributed by atoms with van der Waals surface area (Å²) in [5.41, 5.74) is -1.56. The number of hydrogen-bond acceptors (Lipinski definition) is 13. The van der Waals surface area contributed by atoms with Crippen LogP contribution in [0.15, 0.2) is 24.8 Å². The van der Waals surface area contributed by atoms with Crippen molar-refractivity contribution in [2.75, 3.05) is 55.9 Å². The van der Waals surface area contributed by atoms with E-state index >= 15 is 9.59 Å². The van der Waals surface area contributed by atoms with Gasteiger partial charge in [0, 0.05) is 55.8 Å². The van der Waals surface area contributed by atoms with Gasteiger partial charge in [-0.1, -0.05) is 108 Å². The molecule has 1 heterocycles. The highest BCUT2D eigenvalue weighted by atomic mass is 16.3. The highest BCUT2D eigenvalue weighted by Gasteiger charge is 2.46. The van der Waals surface area contributed by atoms with E-state index in [0.717, 1.165) is 14.7 Å². The molecule has 0 spiro atoms. The molecule has 0 radical (unpaired) electrons. The van der Waals surface area contributed by atoms with Crippen LogP contribution in [0, 0.1) is 35.5 Å². The first-order valence-electron chi connectivity index (χ1n) is 30.7. The van der Waals surface area contributed by atoms with E-state index in [4.69, 9.17) is 0 Å². The monoisotopic (exact) mass is 1230 g/mol. The zero-order valence-electron chi connectivity index (χ0n) is 56.7. The third-order valence-corrected chi connectivity index (χ3v) is 16.1. The summed E-state index contributed by atoms with van der Waals surface area (Å²) in [7, 11) is 9.64. The van der Waals surface area contributed by atoms with Crippen molar-refractivity contribution in [1.29, 1.82) is 0 Å². The first-order valence-corrected chi connectivity index (χ1v) is 30.7. The molecule has 1 saturated heterocycles. The molecular weight excluding hydrogens is 1120 g/mol. The van der Waals surface area contributed by atoms with Crippen LogP contribution in [0.4, 0.5) is 0 Å². The van der Waals surface area contributed by atoms with Gasteiger partial charge in [-0.15, -0.1) is 0 Å². The fourth-order valence-corrected chi connectivity index (χ4v) is 10.7. The lowest BCUT2D eigenvalue weighted by molar-refractivity contribution is -0.157. The maximum atomic E-state index is 15.2. The van der Waals surface area contributed by atoms with Crippen molar-refractivity contribution in [1.82, 2.24) is 55.6 Å². The second-order valence-corrected chi connectivity index (χ2v) is 26.6. The second kappa shape index (κ2) is 34.9. The normalized spacial score (nSPS) is 26.6. The number of nitrogens with one attached hydrogen (secondary N) is 4.